The van der Waals surface area contributed by atoms with Crippen molar-refractivity contribution in [3.8, 4) is 6.07 Å². The highest BCUT2D eigenvalue weighted by Gasteiger charge is 2.54. The summed E-state index contributed by atoms with van der Waals surface area (Å²) < 4.78 is 0. The zero-order valence-electron chi connectivity index (χ0n) is 11.0. The molecule has 2 aliphatic rings. The fourth-order valence-electron chi connectivity index (χ4n) is 3.69. The Bertz CT molecular complexity index is 315. The molecule has 2 fully saturated rings. The zero-order chi connectivity index (χ0) is 12.5. The summed E-state index contributed by atoms with van der Waals surface area (Å²) in [6.07, 6.45) is 4.93. The summed E-state index contributed by atoms with van der Waals surface area (Å²) in [6.45, 7) is 5.98. The van der Waals surface area contributed by atoms with Gasteiger partial charge in [-0.25, -0.2) is 0 Å². The van der Waals surface area contributed by atoms with Crippen LogP contribution in [0.4, 0.5) is 0 Å². The van der Waals surface area contributed by atoms with Gasteiger partial charge in [0.05, 0.1) is 17.1 Å². The van der Waals surface area contributed by atoms with Gasteiger partial charge in [-0.2, -0.15) is 5.26 Å². The summed E-state index contributed by atoms with van der Waals surface area (Å²) >= 11 is 0. The molecule has 0 aromatic carbocycles. The lowest BCUT2D eigenvalue weighted by Crippen LogP contribution is -2.54. The highest BCUT2D eigenvalue weighted by atomic mass is 16.3. The molecule has 1 aliphatic carbocycles. The molecule has 96 valence electrons. The first-order chi connectivity index (χ1) is 8.02. The Kier molecular flexibility index (Phi) is 3.47. The molecule has 1 saturated heterocycles. The number of rotatable bonds is 2. The summed E-state index contributed by atoms with van der Waals surface area (Å²) in [5, 5.41) is 23.9. The van der Waals surface area contributed by atoms with Crippen LogP contribution in [-0.2, 0) is 0 Å². The van der Waals surface area contributed by atoms with E-state index < -0.39 is 11.0 Å². The van der Waals surface area contributed by atoms with Crippen molar-refractivity contribution in [3.63, 3.8) is 0 Å². The van der Waals surface area contributed by atoms with Gasteiger partial charge in [-0.3, -0.25) is 0 Å². The zero-order valence-corrected chi connectivity index (χ0v) is 11.0. The van der Waals surface area contributed by atoms with E-state index in [0.29, 0.717) is 5.92 Å². The van der Waals surface area contributed by atoms with Crippen molar-refractivity contribution in [1.29, 1.82) is 5.26 Å². The van der Waals surface area contributed by atoms with Gasteiger partial charge in [-0.1, -0.05) is 6.92 Å². The minimum absolute atomic E-state index is 0.223. The Morgan fingerprint density at radius 1 is 1.47 bits per heavy atom. The molecule has 2 N–H and O–H groups in total. The van der Waals surface area contributed by atoms with Gasteiger partial charge < -0.3 is 10.4 Å². The second kappa shape index (κ2) is 4.59. The molecule has 17 heavy (non-hydrogen) atoms. The van der Waals surface area contributed by atoms with Crippen molar-refractivity contribution >= 4 is 0 Å². The van der Waals surface area contributed by atoms with Crippen LogP contribution in [0.5, 0.6) is 0 Å². The van der Waals surface area contributed by atoms with E-state index in [0.717, 1.165) is 45.2 Å². The molecule has 1 aliphatic heterocycles. The van der Waals surface area contributed by atoms with Crippen molar-refractivity contribution in [2.24, 2.45) is 17.3 Å². The quantitative estimate of drug-likeness (QED) is 0.771. The number of hydrogen-bond donors (Lipinski definition) is 2. The third-order valence-corrected chi connectivity index (χ3v) is 5.04. The van der Waals surface area contributed by atoms with Crippen LogP contribution in [0.3, 0.4) is 0 Å². The largest absolute Gasteiger partial charge is 0.388 e. The summed E-state index contributed by atoms with van der Waals surface area (Å²) in [6, 6.07) is 2.47. The molecule has 0 spiro atoms. The van der Waals surface area contributed by atoms with Crippen molar-refractivity contribution in [1.82, 2.24) is 5.32 Å². The van der Waals surface area contributed by atoms with Gasteiger partial charge in [0, 0.05) is 12.5 Å². The molecule has 1 heterocycles. The van der Waals surface area contributed by atoms with Crippen LogP contribution in [0.1, 0.15) is 46.0 Å². The average molecular weight is 236 g/mol. The van der Waals surface area contributed by atoms with Crippen LogP contribution in [0, 0.1) is 28.6 Å². The van der Waals surface area contributed by atoms with Crippen LogP contribution < -0.4 is 5.32 Å². The second-order valence-corrected chi connectivity index (χ2v) is 6.23. The van der Waals surface area contributed by atoms with E-state index in [2.05, 4.69) is 18.3 Å². The Labute approximate surface area is 104 Å². The number of aliphatic hydroxyl groups is 1. The molecule has 2 rings (SSSR count). The molecule has 0 bridgehead atoms. The molecule has 0 aromatic heterocycles. The molecular weight excluding hydrogens is 212 g/mol. The van der Waals surface area contributed by atoms with E-state index in [9.17, 15) is 10.4 Å². The molecule has 3 nitrogen and oxygen atoms in total. The van der Waals surface area contributed by atoms with Gasteiger partial charge in [0.1, 0.15) is 0 Å². The number of nitrogens with one attached hydrogen (secondary N) is 1. The summed E-state index contributed by atoms with van der Waals surface area (Å²) in [7, 11) is 0. The van der Waals surface area contributed by atoms with E-state index in [4.69, 9.17) is 0 Å². The second-order valence-electron chi connectivity index (χ2n) is 6.23. The molecule has 0 amide bonds. The van der Waals surface area contributed by atoms with Crippen LogP contribution in [0.25, 0.3) is 0 Å². The number of nitrogens with zero attached hydrogens (tertiary/aromatic N) is 1. The van der Waals surface area contributed by atoms with Crippen molar-refractivity contribution < 1.29 is 5.11 Å². The summed E-state index contributed by atoms with van der Waals surface area (Å²) in [5.74, 6) is 0.791. The Morgan fingerprint density at radius 2 is 2.24 bits per heavy atom. The van der Waals surface area contributed by atoms with E-state index in [-0.39, 0.29) is 5.92 Å². The Morgan fingerprint density at radius 3 is 2.71 bits per heavy atom. The van der Waals surface area contributed by atoms with E-state index >= 15 is 0 Å². The fourth-order valence-corrected chi connectivity index (χ4v) is 3.69. The smallest absolute Gasteiger partial charge is 0.0863 e. The summed E-state index contributed by atoms with van der Waals surface area (Å²) in [5.41, 5.74) is -1.37. The monoisotopic (exact) mass is 236 g/mol. The van der Waals surface area contributed by atoms with E-state index in [1.54, 1.807) is 0 Å². The van der Waals surface area contributed by atoms with Crippen LogP contribution >= 0.6 is 0 Å². The van der Waals surface area contributed by atoms with Crippen LogP contribution in [-0.4, -0.2) is 23.8 Å². The third-order valence-electron chi connectivity index (χ3n) is 5.04. The number of hydrogen-bond acceptors (Lipinski definition) is 3. The number of nitriles is 1. The number of piperidine rings is 1. The van der Waals surface area contributed by atoms with E-state index in [1.165, 1.54) is 0 Å². The molecule has 3 heteroatoms. The molecule has 4 atom stereocenters. The van der Waals surface area contributed by atoms with Gasteiger partial charge in [-0.15, -0.1) is 0 Å². The van der Waals surface area contributed by atoms with Crippen molar-refractivity contribution in [3.05, 3.63) is 0 Å². The first-order valence-electron chi connectivity index (χ1n) is 6.86. The average Bonchev–Trinajstić information content (AvgIpc) is 2.74. The van der Waals surface area contributed by atoms with Gasteiger partial charge in [0.25, 0.3) is 0 Å². The van der Waals surface area contributed by atoms with Crippen LogP contribution in [0.15, 0.2) is 0 Å². The van der Waals surface area contributed by atoms with Crippen LogP contribution in [0.2, 0.25) is 0 Å². The first-order valence-corrected chi connectivity index (χ1v) is 6.86. The minimum Gasteiger partial charge on any atom is -0.388 e. The Balaban J connectivity index is 2.20. The molecule has 1 saturated carbocycles. The predicted molar refractivity (Wildman–Crippen MR) is 67.3 cm³/mol. The lowest BCUT2D eigenvalue weighted by molar-refractivity contribution is -0.0917. The SMILES string of the molecule is CC1CCC(C#N)(C(C)(O)C2CCCNC2)C1. The van der Waals surface area contributed by atoms with Gasteiger partial charge >= 0.3 is 0 Å². The first kappa shape index (κ1) is 12.9. The van der Waals surface area contributed by atoms with Gasteiger partial charge in [0.15, 0.2) is 0 Å². The molecular formula is C14H24N2O. The normalized spacial score (nSPS) is 41.8. The maximum atomic E-state index is 10.9. The highest BCUT2D eigenvalue weighted by molar-refractivity contribution is 5.15. The maximum Gasteiger partial charge on any atom is 0.0863 e. The minimum atomic E-state index is -0.847. The third kappa shape index (κ3) is 2.09. The highest BCUT2D eigenvalue weighted by Crippen LogP contribution is 2.52. The van der Waals surface area contributed by atoms with Crippen molar-refractivity contribution in [2.75, 3.05) is 13.1 Å². The Hall–Kier alpha value is -0.590. The topological polar surface area (TPSA) is 56.0 Å². The van der Waals surface area contributed by atoms with Crippen molar-refractivity contribution in [2.45, 2.75) is 51.6 Å². The molecule has 4 unspecified atom stereocenters. The lowest BCUT2D eigenvalue weighted by atomic mass is 9.64. The molecule has 0 radical (unpaired) electrons. The van der Waals surface area contributed by atoms with Gasteiger partial charge in [-0.05, 0) is 51.5 Å². The lowest BCUT2D eigenvalue weighted by Gasteiger charge is -2.45. The fraction of sp³-hybridized carbons (Fsp3) is 0.929. The molecule has 0 aromatic rings. The summed E-state index contributed by atoms with van der Waals surface area (Å²) in [4.78, 5) is 0. The van der Waals surface area contributed by atoms with Gasteiger partial charge in [0.2, 0.25) is 0 Å². The predicted octanol–water partition coefficient (Wildman–Crippen LogP) is 2.07. The van der Waals surface area contributed by atoms with E-state index in [1.807, 2.05) is 6.92 Å². The standard InChI is InChI=1S/C14H24N2O/c1-11-5-6-14(8-11,10-15)13(2,17)12-4-3-7-16-9-12/h11-12,16-17H,3-9H2,1-2H3. The maximum absolute atomic E-state index is 10.9.